The minimum Gasteiger partial charge on any atom is -0.354 e. The van der Waals surface area contributed by atoms with Crippen LogP contribution in [0.5, 0.6) is 0 Å². The summed E-state index contributed by atoms with van der Waals surface area (Å²) in [7, 11) is 1.61. The summed E-state index contributed by atoms with van der Waals surface area (Å²) in [5.74, 6) is 1.13. The summed E-state index contributed by atoms with van der Waals surface area (Å²) in [6.45, 7) is 0. The number of aromatic amines is 2. The highest BCUT2D eigenvalue weighted by Gasteiger charge is 2.10. The van der Waals surface area contributed by atoms with Crippen LogP contribution in [-0.2, 0) is 0 Å². The molecule has 0 saturated heterocycles. The second-order valence-corrected chi connectivity index (χ2v) is 7.02. The van der Waals surface area contributed by atoms with Crippen LogP contribution < -0.4 is 10.6 Å². The van der Waals surface area contributed by atoms with Gasteiger partial charge in [-0.25, -0.2) is 9.97 Å². The summed E-state index contributed by atoms with van der Waals surface area (Å²) in [6, 6.07) is 17.5. The summed E-state index contributed by atoms with van der Waals surface area (Å²) in [6.07, 6.45) is 5.37. The zero-order valence-electron chi connectivity index (χ0n) is 16.7. The number of carbonyl (C=O) groups is 1. The molecule has 5 rings (SSSR count). The van der Waals surface area contributed by atoms with Crippen molar-refractivity contribution in [3.05, 3.63) is 78.9 Å². The molecule has 0 aliphatic rings. The van der Waals surface area contributed by atoms with Crippen molar-refractivity contribution in [3.8, 4) is 22.5 Å². The molecule has 1 amide bonds. The summed E-state index contributed by atoms with van der Waals surface area (Å²) in [5, 5.41) is 13.7. The fourth-order valence-electron chi connectivity index (χ4n) is 3.39. The Hall–Kier alpha value is -4.46. The average Bonchev–Trinajstić information content (AvgIpc) is 3.49. The first-order valence-electron chi connectivity index (χ1n) is 9.74. The fraction of sp³-hybridized carbons (Fsp3) is 0.0435. The predicted octanol–water partition coefficient (Wildman–Crippen LogP) is 4.12. The fourth-order valence-corrected chi connectivity index (χ4v) is 3.39. The highest BCUT2D eigenvalue weighted by molar-refractivity contribution is 5.98. The maximum absolute atomic E-state index is 11.9. The number of anilines is 2. The van der Waals surface area contributed by atoms with Gasteiger partial charge in [0, 0.05) is 47.2 Å². The number of amides is 1. The van der Waals surface area contributed by atoms with Crippen molar-refractivity contribution in [3.63, 3.8) is 0 Å². The average molecular weight is 409 g/mol. The molecule has 0 aliphatic carbocycles. The van der Waals surface area contributed by atoms with Gasteiger partial charge >= 0.3 is 0 Å². The monoisotopic (exact) mass is 409 g/mol. The molecule has 3 aromatic heterocycles. The Morgan fingerprint density at radius 3 is 2.58 bits per heavy atom. The first kappa shape index (κ1) is 18.6. The lowest BCUT2D eigenvalue weighted by atomic mass is 10.1. The first-order valence-corrected chi connectivity index (χ1v) is 9.74. The summed E-state index contributed by atoms with van der Waals surface area (Å²) < 4.78 is 0. The maximum atomic E-state index is 11.9. The van der Waals surface area contributed by atoms with E-state index in [1.807, 2.05) is 60.8 Å². The van der Waals surface area contributed by atoms with Crippen molar-refractivity contribution < 1.29 is 4.79 Å². The number of H-pyrrole nitrogens is 2. The quantitative estimate of drug-likeness (QED) is 0.349. The topological polar surface area (TPSA) is 111 Å². The van der Waals surface area contributed by atoms with E-state index < -0.39 is 0 Å². The third-order valence-electron chi connectivity index (χ3n) is 5.00. The second kappa shape index (κ2) is 7.75. The molecule has 8 heteroatoms. The molecule has 3 heterocycles. The molecule has 152 valence electrons. The van der Waals surface area contributed by atoms with Gasteiger partial charge in [0.15, 0.2) is 5.82 Å². The normalized spacial score (nSPS) is 10.9. The molecule has 0 bridgehead atoms. The van der Waals surface area contributed by atoms with Crippen LogP contribution in [0, 0.1) is 0 Å². The minimum absolute atomic E-state index is 0.154. The first-order chi connectivity index (χ1) is 15.2. The van der Waals surface area contributed by atoms with Crippen LogP contribution in [0.15, 0.2) is 73.2 Å². The summed E-state index contributed by atoms with van der Waals surface area (Å²) >= 11 is 0. The molecule has 5 aromatic rings. The number of hydrogen-bond acceptors (Lipinski definition) is 5. The van der Waals surface area contributed by atoms with E-state index in [2.05, 4.69) is 35.8 Å². The molecule has 0 radical (unpaired) electrons. The van der Waals surface area contributed by atoms with Gasteiger partial charge in [0.2, 0.25) is 0 Å². The lowest BCUT2D eigenvalue weighted by Crippen LogP contribution is -2.17. The van der Waals surface area contributed by atoms with Gasteiger partial charge in [-0.3, -0.25) is 9.89 Å². The molecule has 31 heavy (non-hydrogen) atoms. The van der Waals surface area contributed by atoms with Crippen LogP contribution in [0.2, 0.25) is 0 Å². The molecule has 8 nitrogen and oxygen atoms in total. The molecular formula is C23H19N7O. The van der Waals surface area contributed by atoms with E-state index in [1.54, 1.807) is 19.4 Å². The molecule has 0 spiro atoms. The Kier molecular flexibility index (Phi) is 4.64. The van der Waals surface area contributed by atoms with Crippen molar-refractivity contribution in [2.24, 2.45) is 0 Å². The van der Waals surface area contributed by atoms with E-state index in [4.69, 9.17) is 0 Å². The van der Waals surface area contributed by atoms with Gasteiger partial charge in [-0.15, -0.1) is 0 Å². The van der Waals surface area contributed by atoms with Crippen molar-refractivity contribution in [2.75, 3.05) is 12.4 Å². The predicted molar refractivity (Wildman–Crippen MR) is 120 cm³/mol. The Balaban J connectivity index is 1.39. The third-order valence-corrected chi connectivity index (χ3v) is 5.00. The van der Waals surface area contributed by atoms with Crippen LogP contribution in [0.3, 0.4) is 0 Å². The Morgan fingerprint density at radius 1 is 0.968 bits per heavy atom. The van der Waals surface area contributed by atoms with Crippen LogP contribution in [0.25, 0.3) is 33.4 Å². The van der Waals surface area contributed by atoms with E-state index in [1.165, 1.54) is 0 Å². The largest absolute Gasteiger partial charge is 0.354 e. The molecule has 4 N–H and O–H groups in total. The molecule has 0 aliphatic heterocycles. The number of benzene rings is 2. The number of nitrogens with zero attached hydrogens (tertiary/aromatic N) is 3. The number of fused-ring (bicyclic) bond motifs is 1. The van der Waals surface area contributed by atoms with Crippen LogP contribution in [-0.4, -0.2) is 38.1 Å². The SMILES string of the molecule is CNC(=O)c1cc2ccc(-c3nccc(Nc4ccc(-c5cn[nH]c5)cc4)n3)cc2[nH]1. The van der Waals surface area contributed by atoms with Gasteiger partial charge in [-0.05, 0) is 35.9 Å². The van der Waals surface area contributed by atoms with E-state index in [0.717, 1.165) is 33.3 Å². The lowest BCUT2D eigenvalue weighted by Gasteiger charge is -2.08. The zero-order valence-corrected chi connectivity index (χ0v) is 16.7. The van der Waals surface area contributed by atoms with Gasteiger partial charge in [-0.1, -0.05) is 24.3 Å². The molecule has 0 atom stereocenters. The maximum Gasteiger partial charge on any atom is 0.267 e. The lowest BCUT2D eigenvalue weighted by molar-refractivity contribution is 0.0959. The van der Waals surface area contributed by atoms with E-state index >= 15 is 0 Å². The van der Waals surface area contributed by atoms with E-state index in [-0.39, 0.29) is 5.91 Å². The molecule has 0 unspecified atom stereocenters. The molecule has 0 fully saturated rings. The van der Waals surface area contributed by atoms with Gasteiger partial charge in [0.25, 0.3) is 5.91 Å². The Labute approximate surface area is 177 Å². The van der Waals surface area contributed by atoms with Crippen molar-refractivity contribution in [2.45, 2.75) is 0 Å². The highest BCUT2D eigenvalue weighted by Crippen LogP contribution is 2.25. The standard InChI is InChI=1S/C23H19N7O/c1-24-23(31)20-10-15-2-3-16(11-19(15)29-20)22-25-9-8-21(30-22)28-18-6-4-14(5-7-18)17-12-26-27-13-17/h2-13,29H,1H3,(H,24,31)(H,26,27)(H,25,28,30). The second-order valence-electron chi connectivity index (χ2n) is 7.02. The van der Waals surface area contributed by atoms with Gasteiger partial charge in [0.05, 0.1) is 6.20 Å². The van der Waals surface area contributed by atoms with Gasteiger partial charge < -0.3 is 15.6 Å². The zero-order chi connectivity index (χ0) is 21.2. The van der Waals surface area contributed by atoms with Gasteiger partial charge in [-0.2, -0.15) is 5.10 Å². The molecule has 0 saturated carbocycles. The van der Waals surface area contributed by atoms with Crippen LogP contribution in [0.4, 0.5) is 11.5 Å². The van der Waals surface area contributed by atoms with Crippen molar-refractivity contribution >= 4 is 28.3 Å². The Morgan fingerprint density at radius 2 is 1.81 bits per heavy atom. The van der Waals surface area contributed by atoms with E-state index in [9.17, 15) is 4.79 Å². The smallest absolute Gasteiger partial charge is 0.267 e. The summed E-state index contributed by atoms with van der Waals surface area (Å²) in [4.78, 5) is 24.1. The van der Waals surface area contributed by atoms with Crippen LogP contribution >= 0.6 is 0 Å². The number of aromatic nitrogens is 5. The van der Waals surface area contributed by atoms with Crippen LogP contribution in [0.1, 0.15) is 10.5 Å². The number of carbonyl (C=O) groups excluding carboxylic acids is 1. The minimum atomic E-state index is -0.154. The van der Waals surface area contributed by atoms with E-state index in [0.29, 0.717) is 17.3 Å². The number of hydrogen-bond donors (Lipinski definition) is 4. The number of nitrogens with one attached hydrogen (secondary N) is 4. The summed E-state index contributed by atoms with van der Waals surface area (Å²) in [5.41, 5.74) is 5.27. The molecule has 2 aromatic carbocycles. The Bertz CT molecular complexity index is 1350. The molecular weight excluding hydrogens is 390 g/mol. The number of rotatable bonds is 5. The highest BCUT2D eigenvalue weighted by atomic mass is 16.1. The van der Waals surface area contributed by atoms with Crippen molar-refractivity contribution in [1.29, 1.82) is 0 Å². The van der Waals surface area contributed by atoms with Crippen molar-refractivity contribution in [1.82, 2.24) is 30.5 Å². The van der Waals surface area contributed by atoms with Gasteiger partial charge in [0.1, 0.15) is 11.5 Å². The third kappa shape index (κ3) is 3.74.